The summed E-state index contributed by atoms with van der Waals surface area (Å²) >= 11 is 6.15. The average molecular weight is 516 g/mol. The lowest BCUT2D eigenvalue weighted by atomic mass is 9.91. The van der Waals surface area contributed by atoms with Crippen molar-refractivity contribution in [2.75, 3.05) is 13.1 Å². The molecule has 1 atom stereocenters. The summed E-state index contributed by atoms with van der Waals surface area (Å²) in [6.07, 6.45) is 3.17. The second-order valence-corrected chi connectivity index (χ2v) is 9.12. The van der Waals surface area contributed by atoms with E-state index in [1.54, 1.807) is 71.6 Å². The molecular formula is C25H18ClN7O4. The summed E-state index contributed by atoms with van der Waals surface area (Å²) in [5.41, 5.74) is 1.00. The van der Waals surface area contributed by atoms with Crippen molar-refractivity contribution in [2.45, 2.75) is 12.6 Å². The van der Waals surface area contributed by atoms with Gasteiger partial charge in [0.25, 0.3) is 17.5 Å². The largest absolute Gasteiger partial charge is 0.306 e. The molecule has 4 aromatic rings. The van der Waals surface area contributed by atoms with Gasteiger partial charge in [0.05, 0.1) is 16.2 Å². The van der Waals surface area contributed by atoms with Crippen LogP contribution in [0.3, 0.4) is 0 Å². The number of halogens is 1. The third kappa shape index (κ3) is 3.24. The number of amides is 2. The normalized spacial score (nSPS) is 18.2. The highest BCUT2D eigenvalue weighted by Gasteiger charge is 2.60. The zero-order valence-electron chi connectivity index (χ0n) is 19.4. The molecule has 2 amide bonds. The number of nitro groups is 1. The van der Waals surface area contributed by atoms with Crippen LogP contribution in [-0.2, 0) is 5.66 Å². The predicted octanol–water partition coefficient (Wildman–Crippen LogP) is 3.35. The number of hydrogen-bond acceptors (Lipinski definition) is 7. The van der Waals surface area contributed by atoms with Crippen molar-refractivity contribution in [2.24, 2.45) is 0 Å². The van der Waals surface area contributed by atoms with E-state index in [0.29, 0.717) is 39.8 Å². The highest BCUT2D eigenvalue weighted by atomic mass is 35.5. The van der Waals surface area contributed by atoms with Crippen LogP contribution in [-0.4, -0.2) is 59.4 Å². The summed E-state index contributed by atoms with van der Waals surface area (Å²) in [5.74, 6) is -0.289. The molecule has 0 N–H and O–H groups in total. The summed E-state index contributed by atoms with van der Waals surface area (Å²) in [7, 11) is 0. The molecule has 2 aliphatic heterocycles. The van der Waals surface area contributed by atoms with Crippen LogP contribution in [0.15, 0.2) is 67.0 Å². The molecule has 0 aliphatic carbocycles. The van der Waals surface area contributed by atoms with Gasteiger partial charge in [-0.15, -0.1) is 5.10 Å². The van der Waals surface area contributed by atoms with Crippen LogP contribution in [0, 0.1) is 17.0 Å². The number of pyridine rings is 1. The SMILES string of the molecule is Cc1nc(C(=O)N2CCN3C(=O)c4ccncc4C23c2ccc(Cl)cc2)nn1-c1ccc([N+](=O)[O-])cc1. The van der Waals surface area contributed by atoms with E-state index in [1.807, 2.05) is 0 Å². The van der Waals surface area contributed by atoms with Gasteiger partial charge in [-0.2, -0.15) is 0 Å². The summed E-state index contributed by atoms with van der Waals surface area (Å²) < 4.78 is 1.45. The van der Waals surface area contributed by atoms with Crippen molar-refractivity contribution < 1.29 is 14.5 Å². The Morgan fingerprint density at radius 3 is 2.51 bits per heavy atom. The maximum absolute atomic E-state index is 14.0. The van der Waals surface area contributed by atoms with Crippen molar-refractivity contribution in [3.8, 4) is 5.69 Å². The number of hydrogen-bond donors (Lipinski definition) is 0. The van der Waals surface area contributed by atoms with Crippen molar-refractivity contribution in [1.29, 1.82) is 0 Å². The van der Waals surface area contributed by atoms with E-state index in [4.69, 9.17) is 11.6 Å². The van der Waals surface area contributed by atoms with Crippen molar-refractivity contribution >= 4 is 29.1 Å². The van der Waals surface area contributed by atoms with Gasteiger partial charge in [-0.1, -0.05) is 23.7 Å². The first-order chi connectivity index (χ1) is 17.8. The number of non-ortho nitro benzene ring substituents is 1. The summed E-state index contributed by atoms with van der Waals surface area (Å²) in [6, 6.07) is 14.5. The molecule has 6 rings (SSSR count). The van der Waals surface area contributed by atoms with Crippen LogP contribution in [0.4, 0.5) is 5.69 Å². The molecule has 4 heterocycles. The summed E-state index contributed by atoms with van der Waals surface area (Å²) in [6.45, 7) is 2.26. The monoisotopic (exact) mass is 515 g/mol. The Morgan fingerprint density at radius 2 is 1.81 bits per heavy atom. The van der Waals surface area contributed by atoms with E-state index < -0.39 is 16.5 Å². The number of nitro benzene ring substituents is 1. The highest BCUT2D eigenvalue weighted by molar-refractivity contribution is 6.30. The van der Waals surface area contributed by atoms with Crippen LogP contribution in [0.25, 0.3) is 5.69 Å². The second-order valence-electron chi connectivity index (χ2n) is 8.68. The third-order valence-electron chi connectivity index (χ3n) is 6.76. The molecule has 1 unspecified atom stereocenters. The first-order valence-corrected chi connectivity index (χ1v) is 11.7. The molecule has 0 saturated carbocycles. The number of benzene rings is 2. The molecular weight excluding hydrogens is 498 g/mol. The van der Waals surface area contributed by atoms with Crippen molar-refractivity contribution in [3.05, 3.63) is 110 Å². The molecule has 1 fully saturated rings. The Kier molecular flexibility index (Phi) is 5.06. The molecule has 0 bridgehead atoms. The number of rotatable bonds is 4. The lowest BCUT2D eigenvalue weighted by Gasteiger charge is -2.39. The minimum atomic E-state index is -1.23. The fourth-order valence-corrected chi connectivity index (χ4v) is 5.30. The molecule has 0 radical (unpaired) electrons. The van der Waals surface area contributed by atoms with E-state index in [9.17, 15) is 19.7 Å². The highest BCUT2D eigenvalue weighted by Crippen LogP contribution is 2.49. The average Bonchev–Trinajstić information content (AvgIpc) is 3.56. The van der Waals surface area contributed by atoms with Gasteiger partial charge in [0.2, 0.25) is 5.82 Å². The zero-order valence-corrected chi connectivity index (χ0v) is 20.2. The van der Waals surface area contributed by atoms with Crippen LogP contribution < -0.4 is 0 Å². The molecule has 0 spiro atoms. The lowest BCUT2D eigenvalue weighted by Crippen LogP contribution is -2.51. The fourth-order valence-electron chi connectivity index (χ4n) is 5.17. The molecule has 1 saturated heterocycles. The van der Waals surface area contributed by atoms with E-state index >= 15 is 0 Å². The maximum Gasteiger partial charge on any atom is 0.295 e. The molecule has 11 nitrogen and oxygen atoms in total. The number of aromatic nitrogens is 4. The molecule has 12 heteroatoms. The van der Waals surface area contributed by atoms with Gasteiger partial charge in [0, 0.05) is 53.8 Å². The van der Waals surface area contributed by atoms with Gasteiger partial charge < -0.3 is 9.80 Å². The summed E-state index contributed by atoms with van der Waals surface area (Å²) in [4.78, 5) is 49.8. The lowest BCUT2D eigenvalue weighted by molar-refractivity contribution is -0.384. The van der Waals surface area contributed by atoms with E-state index in [0.717, 1.165) is 0 Å². The fraction of sp³-hybridized carbons (Fsp3) is 0.160. The Hall–Kier alpha value is -4.64. The van der Waals surface area contributed by atoms with Gasteiger partial charge in [-0.3, -0.25) is 24.7 Å². The molecule has 184 valence electrons. The number of carbonyl (C=O) groups excluding carboxylic acids is 2. The van der Waals surface area contributed by atoms with Crippen LogP contribution in [0.5, 0.6) is 0 Å². The van der Waals surface area contributed by atoms with Gasteiger partial charge in [-0.05, 0) is 37.3 Å². The molecule has 2 aromatic carbocycles. The van der Waals surface area contributed by atoms with Gasteiger partial charge in [0.1, 0.15) is 5.82 Å². The standard InChI is InChI=1S/C25H18ClN7O4/c1-15-28-22(29-32(15)18-6-8-19(9-7-18)33(36)37)24(35)31-13-12-30-23(34)20-10-11-27-14-21(20)25(30,31)16-2-4-17(26)5-3-16/h2-11,14H,12-13H2,1H3. The number of aryl methyl sites for hydroxylation is 1. The third-order valence-corrected chi connectivity index (χ3v) is 7.01. The van der Waals surface area contributed by atoms with Crippen LogP contribution in [0.2, 0.25) is 5.02 Å². The Morgan fingerprint density at radius 1 is 1.08 bits per heavy atom. The van der Waals surface area contributed by atoms with Crippen LogP contribution >= 0.6 is 11.6 Å². The van der Waals surface area contributed by atoms with Crippen molar-refractivity contribution in [3.63, 3.8) is 0 Å². The van der Waals surface area contributed by atoms with E-state index in [-0.39, 0.29) is 24.0 Å². The topological polar surface area (TPSA) is 127 Å². The molecule has 37 heavy (non-hydrogen) atoms. The molecule has 2 aromatic heterocycles. The second kappa shape index (κ2) is 8.20. The predicted molar refractivity (Wildman–Crippen MR) is 131 cm³/mol. The number of nitrogens with zero attached hydrogens (tertiary/aromatic N) is 7. The smallest absolute Gasteiger partial charge is 0.295 e. The minimum Gasteiger partial charge on any atom is -0.306 e. The van der Waals surface area contributed by atoms with E-state index in [2.05, 4.69) is 15.1 Å². The Bertz CT molecular complexity index is 1590. The Balaban J connectivity index is 1.46. The van der Waals surface area contributed by atoms with Crippen LogP contribution in [0.1, 0.15) is 37.9 Å². The van der Waals surface area contributed by atoms with Gasteiger partial charge in [-0.25, -0.2) is 9.67 Å². The Labute approximate surface area is 215 Å². The minimum absolute atomic E-state index is 0.0574. The number of carbonyl (C=O) groups is 2. The van der Waals surface area contributed by atoms with Gasteiger partial charge in [0.15, 0.2) is 5.66 Å². The molecule has 2 aliphatic rings. The number of fused-ring (bicyclic) bond motifs is 3. The first kappa shape index (κ1) is 22.8. The van der Waals surface area contributed by atoms with Crippen molar-refractivity contribution in [1.82, 2.24) is 29.5 Å². The maximum atomic E-state index is 14.0. The quantitative estimate of drug-likeness (QED) is 0.301. The first-order valence-electron chi connectivity index (χ1n) is 11.4. The summed E-state index contributed by atoms with van der Waals surface area (Å²) in [5, 5.41) is 16.0. The van der Waals surface area contributed by atoms with E-state index in [1.165, 1.54) is 16.8 Å². The van der Waals surface area contributed by atoms with Gasteiger partial charge >= 0.3 is 0 Å². The zero-order chi connectivity index (χ0) is 25.9.